The number of rotatable bonds is 4. The summed E-state index contributed by atoms with van der Waals surface area (Å²) in [7, 11) is 1.67. The van der Waals surface area contributed by atoms with Crippen LogP contribution in [-0.4, -0.2) is 51.1 Å². The van der Waals surface area contributed by atoms with Gasteiger partial charge in [-0.1, -0.05) is 23.8 Å². The Balaban J connectivity index is 1.42. The fraction of sp³-hybridized carbons (Fsp3) is 0.364. The van der Waals surface area contributed by atoms with Crippen LogP contribution < -0.4 is 19.4 Å². The Morgan fingerprint density at radius 3 is 2.39 bits per heavy atom. The third-order valence-corrected chi connectivity index (χ3v) is 5.76. The Hall–Kier alpha value is -2.86. The molecule has 2 aromatic rings. The first-order chi connectivity index (χ1) is 13.6. The van der Waals surface area contributed by atoms with Gasteiger partial charge in [0.2, 0.25) is 5.91 Å². The number of carbonyl (C=O) groups excluding carboxylic acids is 2. The average Bonchev–Trinajstić information content (AvgIpc) is 3.03. The zero-order chi connectivity index (χ0) is 19.7. The summed E-state index contributed by atoms with van der Waals surface area (Å²) in [4.78, 5) is 30.4. The number of nitrogens with one attached hydrogen (secondary N) is 1. The molecule has 2 heterocycles. The van der Waals surface area contributed by atoms with Crippen molar-refractivity contribution in [1.82, 2.24) is 0 Å². The summed E-state index contributed by atoms with van der Waals surface area (Å²) in [5.74, 6) is 0.679. The molecule has 0 unspecified atom stereocenters. The molecule has 0 aliphatic carbocycles. The van der Waals surface area contributed by atoms with E-state index in [4.69, 9.17) is 4.74 Å². The number of benzene rings is 2. The molecule has 1 N–H and O–H groups in total. The number of hydrogen-bond donors (Lipinski definition) is 1. The number of methoxy groups -OCH3 is 1. The van der Waals surface area contributed by atoms with Crippen molar-refractivity contribution in [3.05, 3.63) is 54.1 Å². The van der Waals surface area contributed by atoms with E-state index in [0.29, 0.717) is 12.1 Å². The lowest BCUT2D eigenvalue weighted by molar-refractivity contribution is -0.915. The number of ether oxygens (including phenoxy) is 1. The van der Waals surface area contributed by atoms with Crippen LogP contribution in [0.2, 0.25) is 0 Å². The zero-order valence-electron chi connectivity index (χ0n) is 16.4. The van der Waals surface area contributed by atoms with Crippen LogP contribution in [0.25, 0.3) is 0 Å². The molecule has 0 aromatic heterocycles. The minimum Gasteiger partial charge on any atom is -0.497 e. The molecule has 0 bridgehead atoms. The first kappa shape index (κ1) is 18.5. The van der Waals surface area contributed by atoms with E-state index in [1.807, 2.05) is 49.4 Å². The maximum absolute atomic E-state index is 13.0. The number of anilines is 2. The lowest BCUT2D eigenvalue weighted by Gasteiger charge is -2.35. The highest BCUT2D eigenvalue weighted by atomic mass is 16.5. The van der Waals surface area contributed by atoms with Crippen molar-refractivity contribution in [2.24, 2.45) is 0 Å². The van der Waals surface area contributed by atoms with E-state index in [-0.39, 0.29) is 17.9 Å². The highest BCUT2D eigenvalue weighted by Gasteiger charge is 2.46. The monoisotopic (exact) mass is 380 g/mol. The van der Waals surface area contributed by atoms with Crippen molar-refractivity contribution < 1.29 is 19.2 Å². The molecule has 2 amide bonds. The van der Waals surface area contributed by atoms with Gasteiger partial charge in [-0.15, -0.1) is 0 Å². The third kappa shape index (κ3) is 3.47. The van der Waals surface area contributed by atoms with Gasteiger partial charge in [0, 0.05) is 11.8 Å². The van der Waals surface area contributed by atoms with Gasteiger partial charge in [-0.2, -0.15) is 0 Å². The summed E-state index contributed by atoms with van der Waals surface area (Å²) in [5, 5.41) is 0. The van der Waals surface area contributed by atoms with E-state index in [1.165, 1.54) is 9.80 Å². The molecule has 6 heteroatoms. The van der Waals surface area contributed by atoms with Crippen LogP contribution in [0.4, 0.5) is 11.4 Å². The Labute approximate surface area is 165 Å². The SMILES string of the molecule is COc1cccc(N2CC[NH+]([C@@H]3CC(=O)N(c4ccc(C)cc4)C3=O)CC2)c1. The van der Waals surface area contributed by atoms with Crippen molar-refractivity contribution in [2.75, 3.05) is 43.1 Å². The fourth-order valence-corrected chi connectivity index (χ4v) is 4.12. The van der Waals surface area contributed by atoms with Crippen molar-refractivity contribution >= 4 is 23.2 Å². The normalized spacial score (nSPS) is 20.7. The molecule has 1 atom stereocenters. The Morgan fingerprint density at radius 2 is 1.71 bits per heavy atom. The van der Waals surface area contributed by atoms with Gasteiger partial charge in [0.1, 0.15) is 5.75 Å². The van der Waals surface area contributed by atoms with Gasteiger partial charge in [0.15, 0.2) is 6.04 Å². The number of nitrogens with zero attached hydrogens (tertiary/aromatic N) is 2. The van der Waals surface area contributed by atoms with Crippen LogP contribution in [0.3, 0.4) is 0 Å². The number of amides is 2. The molecule has 0 spiro atoms. The van der Waals surface area contributed by atoms with E-state index in [0.717, 1.165) is 43.2 Å². The van der Waals surface area contributed by atoms with E-state index < -0.39 is 0 Å². The number of piperazine rings is 1. The lowest BCUT2D eigenvalue weighted by atomic mass is 10.1. The quantitative estimate of drug-likeness (QED) is 0.806. The summed E-state index contributed by atoms with van der Waals surface area (Å²) in [6.07, 6.45) is 0.293. The predicted octanol–water partition coefficient (Wildman–Crippen LogP) is 1.04. The fourth-order valence-electron chi connectivity index (χ4n) is 4.12. The molecule has 0 radical (unpaired) electrons. The van der Waals surface area contributed by atoms with Crippen molar-refractivity contribution in [1.29, 1.82) is 0 Å². The number of imide groups is 1. The molecule has 2 aliphatic rings. The summed E-state index contributed by atoms with van der Waals surface area (Å²) in [5.41, 5.74) is 2.92. The van der Waals surface area contributed by atoms with Crippen LogP contribution >= 0.6 is 0 Å². The van der Waals surface area contributed by atoms with E-state index in [9.17, 15) is 9.59 Å². The molecule has 2 aromatic carbocycles. The average molecular weight is 380 g/mol. The van der Waals surface area contributed by atoms with Crippen LogP contribution in [0.15, 0.2) is 48.5 Å². The van der Waals surface area contributed by atoms with E-state index in [1.54, 1.807) is 7.11 Å². The smallest absolute Gasteiger partial charge is 0.292 e. The van der Waals surface area contributed by atoms with Gasteiger partial charge in [0.25, 0.3) is 5.91 Å². The standard InChI is InChI=1S/C22H25N3O3/c1-16-6-8-17(9-7-16)25-21(26)15-20(22(25)27)24-12-10-23(11-13-24)18-4-3-5-19(14-18)28-2/h3-9,14,20H,10-13,15H2,1-2H3/p+1/t20-/m1/s1. The third-order valence-electron chi connectivity index (χ3n) is 5.76. The lowest BCUT2D eigenvalue weighted by Crippen LogP contribution is -3.19. The first-order valence-corrected chi connectivity index (χ1v) is 9.74. The summed E-state index contributed by atoms with van der Waals surface area (Å²) >= 11 is 0. The molecule has 146 valence electrons. The topological polar surface area (TPSA) is 54.3 Å². The van der Waals surface area contributed by atoms with E-state index >= 15 is 0 Å². The van der Waals surface area contributed by atoms with Crippen LogP contribution in [0.1, 0.15) is 12.0 Å². The Kier molecular flexibility index (Phi) is 5.05. The molecule has 6 nitrogen and oxygen atoms in total. The minimum absolute atomic E-state index is 0.0707. The summed E-state index contributed by atoms with van der Waals surface area (Å²) < 4.78 is 5.32. The number of aryl methyl sites for hydroxylation is 1. The van der Waals surface area contributed by atoms with Crippen LogP contribution in [-0.2, 0) is 9.59 Å². The zero-order valence-corrected chi connectivity index (χ0v) is 16.4. The molecule has 2 aliphatic heterocycles. The Bertz CT molecular complexity index is 873. The number of carbonyl (C=O) groups is 2. The van der Waals surface area contributed by atoms with Gasteiger partial charge < -0.3 is 14.5 Å². The van der Waals surface area contributed by atoms with Crippen molar-refractivity contribution in [3.8, 4) is 5.75 Å². The minimum atomic E-state index is -0.277. The highest BCUT2D eigenvalue weighted by molar-refractivity contribution is 6.21. The molecular formula is C22H26N3O3+. The van der Waals surface area contributed by atoms with Crippen LogP contribution in [0.5, 0.6) is 5.75 Å². The molecule has 28 heavy (non-hydrogen) atoms. The van der Waals surface area contributed by atoms with Gasteiger partial charge >= 0.3 is 0 Å². The van der Waals surface area contributed by atoms with Gasteiger partial charge in [0.05, 0.1) is 45.4 Å². The van der Waals surface area contributed by atoms with Crippen molar-refractivity contribution in [2.45, 2.75) is 19.4 Å². The molecule has 0 saturated carbocycles. The predicted molar refractivity (Wildman–Crippen MR) is 108 cm³/mol. The van der Waals surface area contributed by atoms with Crippen LogP contribution in [0, 0.1) is 6.92 Å². The number of hydrogen-bond acceptors (Lipinski definition) is 4. The molecular weight excluding hydrogens is 354 g/mol. The van der Waals surface area contributed by atoms with Crippen molar-refractivity contribution in [3.63, 3.8) is 0 Å². The first-order valence-electron chi connectivity index (χ1n) is 9.74. The Morgan fingerprint density at radius 1 is 1.00 bits per heavy atom. The maximum Gasteiger partial charge on any atom is 0.292 e. The van der Waals surface area contributed by atoms with Gasteiger partial charge in [-0.3, -0.25) is 9.59 Å². The van der Waals surface area contributed by atoms with Gasteiger partial charge in [-0.05, 0) is 31.2 Å². The highest BCUT2D eigenvalue weighted by Crippen LogP contribution is 2.23. The number of quaternary nitrogens is 1. The molecule has 2 fully saturated rings. The van der Waals surface area contributed by atoms with Gasteiger partial charge in [-0.25, -0.2) is 4.90 Å². The largest absolute Gasteiger partial charge is 0.497 e. The molecule has 4 rings (SSSR count). The summed E-state index contributed by atoms with van der Waals surface area (Å²) in [6, 6.07) is 15.3. The summed E-state index contributed by atoms with van der Waals surface area (Å²) in [6.45, 7) is 5.37. The second-order valence-corrected chi connectivity index (χ2v) is 7.51. The second kappa shape index (κ2) is 7.64. The van der Waals surface area contributed by atoms with E-state index in [2.05, 4.69) is 11.0 Å². The molecule has 2 saturated heterocycles. The second-order valence-electron chi connectivity index (χ2n) is 7.51. The maximum atomic E-state index is 13.0.